The minimum absolute atomic E-state index is 0.0785. The molecule has 0 aliphatic carbocycles. The molecular formula is C22H25Cl2N3O. The summed E-state index contributed by atoms with van der Waals surface area (Å²) in [5.41, 5.74) is 5.27. The third kappa shape index (κ3) is 4.34. The first-order chi connectivity index (χ1) is 13.3. The van der Waals surface area contributed by atoms with Crippen molar-refractivity contribution in [3.05, 3.63) is 62.9 Å². The number of halogens is 2. The van der Waals surface area contributed by atoms with Gasteiger partial charge in [0.2, 0.25) is 5.91 Å². The fraction of sp³-hybridized carbons (Fsp3) is 0.364. The van der Waals surface area contributed by atoms with E-state index in [1.54, 1.807) is 11.0 Å². The number of rotatable bonds is 6. The van der Waals surface area contributed by atoms with Gasteiger partial charge in [-0.2, -0.15) is 0 Å². The molecule has 0 spiro atoms. The van der Waals surface area contributed by atoms with E-state index in [1.165, 1.54) is 11.1 Å². The van der Waals surface area contributed by atoms with Crippen LogP contribution >= 0.6 is 23.2 Å². The van der Waals surface area contributed by atoms with E-state index in [4.69, 9.17) is 28.2 Å². The van der Waals surface area contributed by atoms with Crippen molar-refractivity contribution < 1.29 is 4.79 Å². The molecule has 0 aliphatic heterocycles. The summed E-state index contributed by atoms with van der Waals surface area (Å²) in [5.74, 6) is 0.923. The molecular weight excluding hydrogens is 393 g/mol. The third-order valence-electron chi connectivity index (χ3n) is 5.07. The Labute approximate surface area is 176 Å². The Morgan fingerprint density at radius 1 is 1.11 bits per heavy atom. The van der Waals surface area contributed by atoms with Crippen LogP contribution in [0, 0.1) is 13.8 Å². The lowest BCUT2D eigenvalue weighted by Gasteiger charge is -2.18. The van der Waals surface area contributed by atoms with Crippen molar-refractivity contribution in [1.82, 2.24) is 14.5 Å². The minimum atomic E-state index is 0.0785. The Hall–Kier alpha value is -2.04. The Morgan fingerprint density at radius 2 is 1.82 bits per heavy atom. The van der Waals surface area contributed by atoms with Crippen LogP contribution in [0.2, 0.25) is 10.0 Å². The number of benzene rings is 2. The molecule has 0 unspecified atom stereocenters. The standard InChI is InChI=1S/C22H25Cl2N3O/c1-5-8-26(4)22(28)13-27-20-10-15(3)14(2)9-19(20)25-21(27)12-16-6-7-17(23)18(24)11-16/h6-7,9-11H,5,8,12-13H2,1-4H3. The van der Waals surface area contributed by atoms with Crippen molar-refractivity contribution in [3.63, 3.8) is 0 Å². The number of hydrogen-bond donors (Lipinski definition) is 0. The highest BCUT2D eigenvalue weighted by atomic mass is 35.5. The first-order valence-electron chi connectivity index (χ1n) is 9.44. The van der Waals surface area contributed by atoms with E-state index in [1.807, 2.05) is 23.7 Å². The molecule has 0 fully saturated rings. The van der Waals surface area contributed by atoms with Gasteiger partial charge >= 0.3 is 0 Å². The normalized spacial score (nSPS) is 11.2. The van der Waals surface area contributed by atoms with Gasteiger partial charge in [0, 0.05) is 20.0 Å². The molecule has 2 aromatic carbocycles. The highest BCUT2D eigenvalue weighted by molar-refractivity contribution is 6.42. The zero-order valence-electron chi connectivity index (χ0n) is 16.7. The summed E-state index contributed by atoms with van der Waals surface area (Å²) in [6.45, 7) is 7.23. The van der Waals surface area contributed by atoms with Gasteiger partial charge in [-0.1, -0.05) is 36.2 Å². The van der Waals surface area contributed by atoms with Crippen LogP contribution in [0.15, 0.2) is 30.3 Å². The molecule has 6 heteroatoms. The van der Waals surface area contributed by atoms with Crippen LogP contribution in [-0.2, 0) is 17.8 Å². The molecule has 4 nitrogen and oxygen atoms in total. The second-order valence-corrected chi connectivity index (χ2v) is 8.09. The number of likely N-dealkylation sites (N-methyl/N-ethyl adjacent to an activating group) is 1. The topological polar surface area (TPSA) is 38.1 Å². The molecule has 0 N–H and O–H groups in total. The number of fused-ring (bicyclic) bond motifs is 1. The van der Waals surface area contributed by atoms with Crippen LogP contribution in [0.5, 0.6) is 0 Å². The summed E-state index contributed by atoms with van der Waals surface area (Å²) in [5, 5.41) is 1.05. The van der Waals surface area contributed by atoms with Gasteiger partial charge in [0.05, 0.1) is 21.1 Å². The van der Waals surface area contributed by atoms with Gasteiger partial charge in [0.1, 0.15) is 12.4 Å². The maximum absolute atomic E-state index is 12.7. The van der Waals surface area contributed by atoms with Crippen molar-refractivity contribution in [2.24, 2.45) is 0 Å². The number of aryl methyl sites for hydroxylation is 2. The third-order valence-corrected chi connectivity index (χ3v) is 5.81. The number of imidazole rings is 1. The Morgan fingerprint density at radius 3 is 2.50 bits per heavy atom. The Balaban J connectivity index is 2.04. The fourth-order valence-corrected chi connectivity index (χ4v) is 3.61. The molecule has 148 valence electrons. The number of hydrogen-bond acceptors (Lipinski definition) is 2. The van der Waals surface area contributed by atoms with E-state index < -0.39 is 0 Å². The lowest BCUT2D eigenvalue weighted by molar-refractivity contribution is -0.130. The minimum Gasteiger partial charge on any atom is -0.344 e. The van der Waals surface area contributed by atoms with E-state index in [2.05, 4.69) is 32.9 Å². The van der Waals surface area contributed by atoms with Crippen molar-refractivity contribution in [3.8, 4) is 0 Å². The van der Waals surface area contributed by atoms with Gasteiger partial charge in [-0.15, -0.1) is 0 Å². The molecule has 0 aliphatic rings. The molecule has 0 saturated carbocycles. The van der Waals surface area contributed by atoms with Crippen LogP contribution in [0.3, 0.4) is 0 Å². The molecule has 0 saturated heterocycles. The smallest absolute Gasteiger partial charge is 0.242 e. The maximum atomic E-state index is 12.7. The summed E-state index contributed by atoms with van der Waals surface area (Å²) in [4.78, 5) is 19.3. The molecule has 1 aromatic heterocycles. The second-order valence-electron chi connectivity index (χ2n) is 7.28. The number of aromatic nitrogens is 2. The van der Waals surface area contributed by atoms with Crippen LogP contribution in [-0.4, -0.2) is 34.0 Å². The monoisotopic (exact) mass is 417 g/mol. The van der Waals surface area contributed by atoms with E-state index in [0.29, 0.717) is 16.5 Å². The molecule has 0 bridgehead atoms. The van der Waals surface area contributed by atoms with Crippen LogP contribution in [0.4, 0.5) is 0 Å². The number of nitrogens with zero attached hydrogens (tertiary/aromatic N) is 3. The van der Waals surface area contributed by atoms with Crippen LogP contribution in [0.1, 0.15) is 35.9 Å². The second kappa shape index (κ2) is 8.54. The molecule has 28 heavy (non-hydrogen) atoms. The lowest BCUT2D eigenvalue weighted by Crippen LogP contribution is -2.31. The van der Waals surface area contributed by atoms with Crippen molar-refractivity contribution in [2.45, 2.75) is 40.2 Å². The van der Waals surface area contributed by atoms with Gasteiger partial charge in [-0.05, 0) is 61.2 Å². The zero-order chi connectivity index (χ0) is 20.4. The first kappa shape index (κ1) is 20.7. The van der Waals surface area contributed by atoms with Gasteiger partial charge in [-0.25, -0.2) is 4.98 Å². The average molecular weight is 418 g/mol. The summed E-state index contributed by atoms with van der Waals surface area (Å²) < 4.78 is 2.03. The van der Waals surface area contributed by atoms with Gasteiger partial charge < -0.3 is 9.47 Å². The lowest BCUT2D eigenvalue weighted by atomic mass is 10.1. The Bertz CT molecular complexity index is 1030. The largest absolute Gasteiger partial charge is 0.344 e. The number of amides is 1. The predicted octanol–water partition coefficient (Wildman–Crippen LogP) is 5.42. The van der Waals surface area contributed by atoms with Crippen molar-refractivity contribution in [2.75, 3.05) is 13.6 Å². The first-order valence-corrected chi connectivity index (χ1v) is 10.2. The van der Waals surface area contributed by atoms with E-state index in [-0.39, 0.29) is 12.5 Å². The molecule has 1 heterocycles. The highest BCUT2D eigenvalue weighted by Gasteiger charge is 2.17. The van der Waals surface area contributed by atoms with Gasteiger partial charge in [0.25, 0.3) is 0 Å². The molecule has 0 atom stereocenters. The number of carbonyl (C=O) groups excluding carboxylic acids is 1. The Kier molecular flexibility index (Phi) is 6.31. The van der Waals surface area contributed by atoms with Crippen molar-refractivity contribution >= 4 is 40.1 Å². The summed E-state index contributed by atoms with van der Waals surface area (Å²) in [6, 6.07) is 9.79. The van der Waals surface area contributed by atoms with E-state index in [0.717, 1.165) is 35.4 Å². The average Bonchev–Trinajstić information content (AvgIpc) is 2.95. The van der Waals surface area contributed by atoms with Crippen LogP contribution < -0.4 is 0 Å². The molecule has 1 amide bonds. The molecule has 0 radical (unpaired) electrons. The molecule has 3 rings (SSSR count). The molecule has 3 aromatic rings. The SMILES string of the molecule is CCCN(C)C(=O)Cn1c(Cc2ccc(Cl)c(Cl)c2)nc2cc(C)c(C)cc21. The quantitative estimate of drug-likeness (QED) is 0.536. The summed E-state index contributed by atoms with van der Waals surface area (Å²) in [7, 11) is 1.85. The maximum Gasteiger partial charge on any atom is 0.242 e. The highest BCUT2D eigenvalue weighted by Crippen LogP contribution is 2.26. The predicted molar refractivity (Wildman–Crippen MR) is 116 cm³/mol. The summed E-state index contributed by atoms with van der Waals surface area (Å²) >= 11 is 12.2. The van der Waals surface area contributed by atoms with E-state index in [9.17, 15) is 4.79 Å². The fourth-order valence-electron chi connectivity index (χ4n) is 3.29. The van der Waals surface area contributed by atoms with Gasteiger partial charge in [0.15, 0.2) is 0 Å². The summed E-state index contributed by atoms with van der Waals surface area (Å²) in [6.07, 6.45) is 1.51. The van der Waals surface area contributed by atoms with Crippen molar-refractivity contribution in [1.29, 1.82) is 0 Å². The van der Waals surface area contributed by atoms with Gasteiger partial charge in [-0.3, -0.25) is 4.79 Å². The number of carbonyl (C=O) groups is 1. The van der Waals surface area contributed by atoms with Crippen LogP contribution in [0.25, 0.3) is 11.0 Å². The van der Waals surface area contributed by atoms with E-state index >= 15 is 0 Å². The zero-order valence-corrected chi connectivity index (χ0v) is 18.2.